The number of aromatic nitrogens is 3. The quantitative estimate of drug-likeness (QED) is 0.690. The molecule has 0 aliphatic carbocycles. The molecular formula is C22H26F3N5O4. The molecule has 1 aliphatic rings. The van der Waals surface area contributed by atoms with Crippen molar-refractivity contribution in [3.8, 4) is 11.1 Å². The average Bonchev–Trinajstić information content (AvgIpc) is 3.11. The SMILES string of the molecule is Cc1cc(-c2cnc(C(F)(F)F)nc2)cc(CNC(=O)[C@@H]2[C@H](O)CCN2C(=O)OC(C)(C)C)n1. The van der Waals surface area contributed by atoms with E-state index in [0.29, 0.717) is 22.5 Å². The normalized spacial score (nSPS) is 18.6. The third-order valence-electron chi connectivity index (χ3n) is 4.95. The van der Waals surface area contributed by atoms with Gasteiger partial charge in [0.1, 0.15) is 11.6 Å². The highest BCUT2D eigenvalue weighted by Crippen LogP contribution is 2.27. The number of nitrogens with zero attached hydrogens (tertiary/aromatic N) is 4. The van der Waals surface area contributed by atoms with Gasteiger partial charge in [0.25, 0.3) is 0 Å². The summed E-state index contributed by atoms with van der Waals surface area (Å²) in [5.41, 5.74) is 1.13. The van der Waals surface area contributed by atoms with Crippen molar-refractivity contribution < 1.29 is 32.6 Å². The van der Waals surface area contributed by atoms with Gasteiger partial charge in [0.15, 0.2) is 0 Å². The minimum Gasteiger partial charge on any atom is -0.444 e. The largest absolute Gasteiger partial charge is 0.451 e. The summed E-state index contributed by atoms with van der Waals surface area (Å²) in [4.78, 5) is 37.5. The van der Waals surface area contributed by atoms with Gasteiger partial charge in [0.05, 0.1) is 18.3 Å². The first-order valence-electron chi connectivity index (χ1n) is 10.6. The number of aliphatic hydroxyl groups is 1. The number of hydrogen-bond donors (Lipinski definition) is 2. The highest BCUT2D eigenvalue weighted by atomic mass is 19.4. The standard InChI is InChI=1S/C22H26F3N5O4/c1-12-7-13(14-9-27-19(28-10-14)22(23,24)25)8-15(29-12)11-26-18(32)17-16(31)5-6-30(17)20(33)34-21(2,3)4/h7-10,16-17,31H,5-6,11H2,1-4H3,(H,26,32)/t16-,17+/m1/s1. The fourth-order valence-corrected chi connectivity index (χ4v) is 3.52. The smallest absolute Gasteiger partial charge is 0.444 e. The Morgan fingerprint density at radius 2 is 1.82 bits per heavy atom. The van der Waals surface area contributed by atoms with Gasteiger partial charge in [0, 0.05) is 30.2 Å². The van der Waals surface area contributed by atoms with E-state index in [0.717, 1.165) is 12.4 Å². The molecule has 0 spiro atoms. The second-order valence-electron chi connectivity index (χ2n) is 8.97. The molecule has 9 nitrogen and oxygen atoms in total. The van der Waals surface area contributed by atoms with Gasteiger partial charge in [0.2, 0.25) is 11.7 Å². The molecule has 2 aromatic rings. The molecule has 1 saturated heterocycles. The van der Waals surface area contributed by atoms with Crippen molar-refractivity contribution in [1.82, 2.24) is 25.2 Å². The molecule has 34 heavy (non-hydrogen) atoms. The topological polar surface area (TPSA) is 118 Å². The van der Waals surface area contributed by atoms with Gasteiger partial charge in [-0.2, -0.15) is 13.2 Å². The number of pyridine rings is 1. The van der Waals surface area contributed by atoms with Crippen LogP contribution < -0.4 is 5.32 Å². The molecule has 2 amide bonds. The summed E-state index contributed by atoms with van der Waals surface area (Å²) in [7, 11) is 0. The second-order valence-corrected chi connectivity index (χ2v) is 8.97. The molecule has 2 aromatic heterocycles. The summed E-state index contributed by atoms with van der Waals surface area (Å²) in [6.07, 6.45) is -4.00. The maximum absolute atomic E-state index is 12.8. The van der Waals surface area contributed by atoms with E-state index in [1.54, 1.807) is 39.8 Å². The van der Waals surface area contributed by atoms with Gasteiger partial charge >= 0.3 is 12.3 Å². The van der Waals surface area contributed by atoms with Crippen LogP contribution in [0.3, 0.4) is 0 Å². The van der Waals surface area contributed by atoms with Crippen LogP contribution in [0.1, 0.15) is 44.4 Å². The van der Waals surface area contributed by atoms with E-state index in [1.807, 2.05) is 0 Å². The minimum atomic E-state index is -4.64. The summed E-state index contributed by atoms with van der Waals surface area (Å²) < 4.78 is 43.5. The maximum Gasteiger partial charge on any atom is 0.451 e. The molecule has 0 unspecified atom stereocenters. The lowest BCUT2D eigenvalue weighted by Gasteiger charge is -2.28. The van der Waals surface area contributed by atoms with Crippen LogP contribution in [-0.4, -0.2) is 61.3 Å². The molecular weight excluding hydrogens is 455 g/mol. The molecule has 0 aromatic carbocycles. The second kappa shape index (κ2) is 9.53. The number of nitrogens with one attached hydrogen (secondary N) is 1. The number of carbonyl (C=O) groups excluding carboxylic acids is 2. The zero-order valence-corrected chi connectivity index (χ0v) is 19.2. The highest BCUT2D eigenvalue weighted by Gasteiger charge is 2.42. The molecule has 1 fully saturated rings. The molecule has 12 heteroatoms. The van der Waals surface area contributed by atoms with E-state index in [2.05, 4.69) is 20.3 Å². The Kier molecular flexibility index (Phi) is 7.10. The Hall–Kier alpha value is -3.28. The molecule has 3 rings (SSSR count). The summed E-state index contributed by atoms with van der Waals surface area (Å²) in [5, 5.41) is 12.9. The number of ether oxygens (including phenoxy) is 1. The number of likely N-dealkylation sites (tertiary alicyclic amines) is 1. The van der Waals surface area contributed by atoms with Crippen LogP contribution in [0.25, 0.3) is 11.1 Å². The van der Waals surface area contributed by atoms with E-state index in [4.69, 9.17) is 4.74 Å². The lowest BCUT2D eigenvalue weighted by atomic mass is 10.1. The van der Waals surface area contributed by atoms with E-state index in [1.165, 1.54) is 4.90 Å². The fraction of sp³-hybridized carbons (Fsp3) is 0.500. The van der Waals surface area contributed by atoms with Gasteiger partial charge in [-0.15, -0.1) is 0 Å². The van der Waals surface area contributed by atoms with E-state index in [9.17, 15) is 27.9 Å². The molecule has 2 N–H and O–H groups in total. The Bertz CT molecular complexity index is 1050. The van der Waals surface area contributed by atoms with Gasteiger partial charge < -0.3 is 15.2 Å². The maximum atomic E-state index is 12.8. The number of amides is 2. The monoisotopic (exact) mass is 481 g/mol. The predicted octanol–water partition coefficient (Wildman–Crippen LogP) is 2.85. The average molecular weight is 481 g/mol. The molecule has 3 heterocycles. The van der Waals surface area contributed by atoms with Gasteiger partial charge in [-0.3, -0.25) is 14.7 Å². The lowest BCUT2D eigenvalue weighted by molar-refractivity contribution is -0.145. The van der Waals surface area contributed by atoms with Crippen LogP contribution >= 0.6 is 0 Å². The summed E-state index contributed by atoms with van der Waals surface area (Å²) in [6.45, 7) is 6.96. The summed E-state index contributed by atoms with van der Waals surface area (Å²) in [6, 6.07) is 2.14. The third kappa shape index (κ3) is 6.19. The van der Waals surface area contributed by atoms with Crippen LogP contribution in [0.2, 0.25) is 0 Å². The number of aliphatic hydroxyl groups excluding tert-OH is 1. The fourth-order valence-electron chi connectivity index (χ4n) is 3.52. The first kappa shape index (κ1) is 25.3. The van der Waals surface area contributed by atoms with Crippen LogP contribution in [0, 0.1) is 6.92 Å². The van der Waals surface area contributed by atoms with Crippen LogP contribution in [0.4, 0.5) is 18.0 Å². The summed E-state index contributed by atoms with van der Waals surface area (Å²) >= 11 is 0. The molecule has 1 aliphatic heterocycles. The number of halogens is 3. The summed E-state index contributed by atoms with van der Waals surface area (Å²) in [5.74, 6) is -1.81. The molecule has 184 valence electrons. The first-order chi connectivity index (χ1) is 15.7. The van der Waals surface area contributed by atoms with Crippen LogP contribution in [0.15, 0.2) is 24.5 Å². The zero-order chi connectivity index (χ0) is 25.3. The van der Waals surface area contributed by atoms with Crippen molar-refractivity contribution in [3.05, 3.63) is 41.7 Å². The molecule has 0 bridgehead atoms. The van der Waals surface area contributed by atoms with Crippen molar-refractivity contribution in [2.75, 3.05) is 6.54 Å². The molecule has 0 saturated carbocycles. The number of rotatable bonds is 4. The zero-order valence-electron chi connectivity index (χ0n) is 19.2. The predicted molar refractivity (Wildman–Crippen MR) is 114 cm³/mol. The number of aryl methyl sites for hydroxylation is 1. The molecule has 0 radical (unpaired) electrons. The van der Waals surface area contributed by atoms with Crippen molar-refractivity contribution in [2.24, 2.45) is 0 Å². The van der Waals surface area contributed by atoms with Crippen molar-refractivity contribution >= 4 is 12.0 Å². The number of alkyl halides is 3. The van der Waals surface area contributed by atoms with Gasteiger partial charge in [-0.1, -0.05) is 0 Å². The highest BCUT2D eigenvalue weighted by molar-refractivity contribution is 5.87. The lowest BCUT2D eigenvalue weighted by Crippen LogP contribution is -2.51. The Morgan fingerprint density at radius 3 is 2.41 bits per heavy atom. The van der Waals surface area contributed by atoms with E-state index in [-0.39, 0.29) is 19.5 Å². The van der Waals surface area contributed by atoms with Crippen LogP contribution in [-0.2, 0) is 22.3 Å². The molecule has 2 atom stereocenters. The van der Waals surface area contributed by atoms with Gasteiger partial charge in [-0.25, -0.2) is 14.8 Å². The number of carbonyl (C=O) groups is 2. The van der Waals surface area contributed by atoms with Crippen LogP contribution in [0.5, 0.6) is 0 Å². The Labute approximate surface area is 194 Å². The third-order valence-corrected chi connectivity index (χ3v) is 4.95. The van der Waals surface area contributed by atoms with Gasteiger partial charge in [-0.05, 0) is 51.8 Å². The Balaban J connectivity index is 1.72. The van der Waals surface area contributed by atoms with Crippen molar-refractivity contribution in [3.63, 3.8) is 0 Å². The van der Waals surface area contributed by atoms with E-state index < -0.39 is 41.7 Å². The first-order valence-corrected chi connectivity index (χ1v) is 10.6. The minimum absolute atomic E-state index is 0.0274. The number of hydrogen-bond acceptors (Lipinski definition) is 7. The van der Waals surface area contributed by atoms with Crippen molar-refractivity contribution in [1.29, 1.82) is 0 Å². The van der Waals surface area contributed by atoms with Crippen molar-refractivity contribution in [2.45, 2.75) is 64.6 Å². The van der Waals surface area contributed by atoms with E-state index >= 15 is 0 Å². The Morgan fingerprint density at radius 1 is 1.18 bits per heavy atom.